The molecule has 2 rings (SSSR count). The van der Waals surface area contributed by atoms with Crippen LogP contribution in [0, 0.1) is 16.7 Å². The van der Waals surface area contributed by atoms with E-state index in [2.05, 4.69) is 6.07 Å². The lowest BCUT2D eigenvalue weighted by molar-refractivity contribution is -0.0517. The Hall–Kier alpha value is -1.33. The van der Waals surface area contributed by atoms with E-state index in [4.69, 9.17) is 0 Å². The molecule has 1 saturated carbocycles. The van der Waals surface area contributed by atoms with Crippen molar-refractivity contribution in [3.8, 4) is 6.07 Å². The van der Waals surface area contributed by atoms with Crippen LogP contribution in [0.4, 0.5) is 0 Å². The Bertz CT molecular complexity index is 450. The second-order valence-corrected chi connectivity index (χ2v) is 6.40. The van der Waals surface area contributed by atoms with Crippen molar-refractivity contribution in [3.05, 3.63) is 35.9 Å². The highest BCUT2D eigenvalue weighted by molar-refractivity contribution is 5.21. The molecule has 1 atom stereocenters. The molecule has 0 spiro atoms. The minimum absolute atomic E-state index is 0.557. The normalized spacial score (nSPS) is 22.1. The SMILES string of the molecule is CC(O)(Cc1ccccc1)C1(C#N)CCCCCCC1. The van der Waals surface area contributed by atoms with Crippen molar-refractivity contribution in [3.63, 3.8) is 0 Å². The lowest BCUT2D eigenvalue weighted by Crippen LogP contribution is -2.47. The van der Waals surface area contributed by atoms with Crippen molar-refractivity contribution in [2.24, 2.45) is 5.41 Å². The molecular formula is C18H25NO. The van der Waals surface area contributed by atoms with E-state index in [9.17, 15) is 10.4 Å². The zero-order valence-electron chi connectivity index (χ0n) is 12.4. The second kappa shape index (κ2) is 6.41. The average Bonchev–Trinajstić information content (AvgIpc) is 2.39. The topological polar surface area (TPSA) is 44.0 Å². The van der Waals surface area contributed by atoms with Crippen LogP contribution >= 0.6 is 0 Å². The van der Waals surface area contributed by atoms with Gasteiger partial charge in [0.25, 0.3) is 0 Å². The van der Waals surface area contributed by atoms with Gasteiger partial charge in [0.1, 0.15) is 0 Å². The average molecular weight is 271 g/mol. The van der Waals surface area contributed by atoms with Gasteiger partial charge in [0, 0.05) is 6.42 Å². The van der Waals surface area contributed by atoms with E-state index in [0.29, 0.717) is 6.42 Å². The molecule has 1 aliphatic rings. The highest BCUT2D eigenvalue weighted by Crippen LogP contribution is 2.44. The predicted molar refractivity (Wildman–Crippen MR) is 81.1 cm³/mol. The number of rotatable bonds is 3. The van der Waals surface area contributed by atoms with Crippen molar-refractivity contribution in [2.75, 3.05) is 0 Å². The van der Waals surface area contributed by atoms with E-state index in [0.717, 1.165) is 31.2 Å². The van der Waals surface area contributed by atoms with Crippen molar-refractivity contribution in [1.29, 1.82) is 5.26 Å². The van der Waals surface area contributed by atoms with Crippen LogP contribution < -0.4 is 0 Å². The molecule has 1 aliphatic carbocycles. The first-order valence-electron chi connectivity index (χ1n) is 7.77. The van der Waals surface area contributed by atoms with Crippen LogP contribution in [0.5, 0.6) is 0 Å². The van der Waals surface area contributed by atoms with Crippen LogP contribution in [0.3, 0.4) is 0 Å². The molecule has 1 unspecified atom stereocenters. The number of benzene rings is 1. The van der Waals surface area contributed by atoms with Crippen molar-refractivity contribution in [1.82, 2.24) is 0 Å². The fourth-order valence-corrected chi connectivity index (χ4v) is 3.44. The van der Waals surface area contributed by atoms with Gasteiger partial charge < -0.3 is 5.11 Å². The van der Waals surface area contributed by atoms with Gasteiger partial charge in [-0.2, -0.15) is 5.26 Å². The predicted octanol–water partition coefficient (Wildman–Crippen LogP) is 4.23. The monoisotopic (exact) mass is 271 g/mol. The summed E-state index contributed by atoms with van der Waals surface area (Å²) < 4.78 is 0. The van der Waals surface area contributed by atoms with Gasteiger partial charge in [-0.25, -0.2) is 0 Å². The first kappa shape index (κ1) is 15.1. The van der Waals surface area contributed by atoms with E-state index in [1.807, 2.05) is 37.3 Å². The number of hydrogen-bond donors (Lipinski definition) is 1. The first-order valence-corrected chi connectivity index (χ1v) is 7.77. The van der Waals surface area contributed by atoms with E-state index in [1.54, 1.807) is 0 Å². The Morgan fingerprint density at radius 1 is 1.10 bits per heavy atom. The summed E-state index contributed by atoms with van der Waals surface area (Å²) in [5, 5.41) is 20.8. The molecule has 0 bridgehead atoms. The fraction of sp³-hybridized carbons (Fsp3) is 0.611. The molecule has 0 heterocycles. The molecule has 0 amide bonds. The Morgan fingerprint density at radius 2 is 1.65 bits per heavy atom. The molecule has 108 valence electrons. The Kier molecular flexibility index (Phi) is 4.83. The van der Waals surface area contributed by atoms with Crippen LogP contribution in [-0.2, 0) is 6.42 Å². The zero-order valence-corrected chi connectivity index (χ0v) is 12.4. The summed E-state index contributed by atoms with van der Waals surface area (Å²) in [5.74, 6) is 0. The van der Waals surface area contributed by atoms with E-state index in [-0.39, 0.29) is 0 Å². The fourth-order valence-electron chi connectivity index (χ4n) is 3.44. The van der Waals surface area contributed by atoms with Gasteiger partial charge in [0.15, 0.2) is 0 Å². The van der Waals surface area contributed by atoms with Gasteiger partial charge in [-0.05, 0) is 25.3 Å². The molecule has 1 fully saturated rings. The summed E-state index contributed by atoms with van der Waals surface area (Å²) >= 11 is 0. The van der Waals surface area contributed by atoms with Gasteiger partial charge in [0.2, 0.25) is 0 Å². The van der Waals surface area contributed by atoms with Gasteiger partial charge >= 0.3 is 0 Å². The molecule has 0 aromatic heterocycles. The Morgan fingerprint density at radius 3 is 2.20 bits per heavy atom. The molecule has 1 aromatic carbocycles. The molecule has 2 nitrogen and oxygen atoms in total. The van der Waals surface area contributed by atoms with Crippen LogP contribution in [0.25, 0.3) is 0 Å². The minimum atomic E-state index is -0.958. The molecule has 20 heavy (non-hydrogen) atoms. The summed E-state index contributed by atoms with van der Waals surface area (Å²) in [6.45, 7) is 1.85. The molecule has 1 aromatic rings. The number of nitriles is 1. The summed E-state index contributed by atoms with van der Waals surface area (Å²) in [7, 11) is 0. The van der Waals surface area contributed by atoms with Crippen LogP contribution in [0.1, 0.15) is 57.4 Å². The molecule has 0 radical (unpaired) electrons. The smallest absolute Gasteiger partial charge is 0.0860 e. The highest BCUT2D eigenvalue weighted by atomic mass is 16.3. The van der Waals surface area contributed by atoms with Crippen LogP contribution in [0.15, 0.2) is 30.3 Å². The Labute approximate surface area is 122 Å². The quantitative estimate of drug-likeness (QED) is 0.893. The highest BCUT2D eigenvalue weighted by Gasteiger charge is 2.46. The van der Waals surface area contributed by atoms with Crippen molar-refractivity contribution < 1.29 is 5.11 Å². The Balaban J connectivity index is 2.21. The maximum Gasteiger partial charge on any atom is 0.0860 e. The number of nitrogens with zero attached hydrogens (tertiary/aromatic N) is 1. The summed E-state index contributed by atoms with van der Waals surface area (Å²) in [5.41, 5.74) is -0.446. The van der Waals surface area contributed by atoms with Gasteiger partial charge in [-0.1, -0.05) is 62.4 Å². The third-order valence-corrected chi connectivity index (χ3v) is 4.84. The lowest BCUT2D eigenvalue weighted by atomic mass is 9.64. The second-order valence-electron chi connectivity index (χ2n) is 6.40. The van der Waals surface area contributed by atoms with Gasteiger partial charge in [-0.15, -0.1) is 0 Å². The van der Waals surface area contributed by atoms with E-state index in [1.165, 1.54) is 19.3 Å². The van der Waals surface area contributed by atoms with E-state index >= 15 is 0 Å². The third-order valence-electron chi connectivity index (χ3n) is 4.84. The standard InChI is InChI=1S/C18H25NO/c1-17(20,14-16-10-6-5-7-11-16)18(15-19)12-8-3-2-4-9-13-18/h5-7,10-11,20H,2-4,8-9,12-14H2,1H3. The third kappa shape index (κ3) is 3.22. The first-order chi connectivity index (χ1) is 9.60. The maximum absolute atomic E-state index is 11.0. The minimum Gasteiger partial charge on any atom is -0.388 e. The molecule has 1 N–H and O–H groups in total. The zero-order chi connectivity index (χ0) is 14.5. The summed E-state index contributed by atoms with van der Waals surface area (Å²) in [4.78, 5) is 0. The molecule has 0 aliphatic heterocycles. The van der Waals surface area contributed by atoms with Gasteiger partial charge in [-0.3, -0.25) is 0 Å². The molecule has 0 saturated heterocycles. The summed E-state index contributed by atoms with van der Waals surface area (Å²) in [6, 6.07) is 12.5. The van der Waals surface area contributed by atoms with Crippen LogP contribution in [0.2, 0.25) is 0 Å². The summed E-state index contributed by atoms with van der Waals surface area (Å²) in [6.07, 6.45) is 7.95. The van der Waals surface area contributed by atoms with Crippen molar-refractivity contribution >= 4 is 0 Å². The number of hydrogen-bond acceptors (Lipinski definition) is 2. The van der Waals surface area contributed by atoms with E-state index < -0.39 is 11.0 Å². The lowest BCUT2D eigenvalue weighted by Gasteiger charge is -2.41. The molecular weight excluding hydrogens is 246 g/mol. The van der Waals surface area contributed by atoms with Crippen molar-refractivity contribution in [2.45, 2.75) is 63.9 Å². The number of aliphatic hydroxyl groups is 1. The maximum atomic E-state index is 11.0. The largest absolute Gasteiger partial charge is 0.388 e. The molecule has 2 heteroatoms. The van der Waals surface area contributed by atoms with Crippen LogP contribution in [-0.4, -0.2) is 10.7 Å². The van der Waals surface area contributed by atoms with Gasteiger partial charge in [0.05, 0.1) is 17.1 Å².